The van der Waals surface area contributed by atoms with Crippen molar-refractivity contribution < 1.29 is 9.53 Å². The Morgan fingerprint density at radius 1 is 1.27 bits per heavy atom. The molecule has 2 bridgehead atoms. The fourth-order valence-corrected chi connectivity index (χ4v) is 6.49. The Bertz CT molecular complexity index is 1160. The summed E-state index contributed by atoms with van der Waals surface area (Å²) in [5.41, 5.74) is 3.00. The Balaban J connectivity index is 1.35. The van der Waals surface area contributed by atoms with E-state index in [9.17, 15) is 9.59 Å². The lowest BCUT2D eigenvalue weighted by Crippen LogP contribution is -2.36. The molecule has 5 rings (SSSR count). The minimum absolute atomic E-state index is 0.202. The van der Waals surface area contributed by atoms with Gasteiger partial charge in [-0.2, -0.15) is 0 Å². The molecular weight excluding hydrogens is 436 g/mol. The Kier molecular flexibility index (Phi) is 5.96. The van der Waals surface area contributed by atoms with Gasteiger partial charge in [-0.05, 0) is 73.5 Å². The first-order chi connectivity index (χ1) is 15.9. The molecule has 3 unspecified atom stereocenters. The Morgan fingerprint density at radius 3 is 2.79 bits per heavy atom. The van der Waals surface area contributed by atoms with Gasteiger partial charge in [0.2, 0.25) is 0 Å². The van der Waals surface area contributed by atoms with Gasteiger partial charge >= 0.3 is 0 Å². The molecule has 6 heteroatoms. The molecule has 2 fully saturated rings. The topological polar surface area (TPSA) is 60.3 Å². The van der Waals surface area contributed by atoms with Gasteiger partial charge in [0.25, 0.3) is 5.91 Å². The summed E-state index contributed by atoms with van der Waals surface area (Å²) in [4.78, 5) is 26.2. The number of ether oxygens (including phenoxy) is 1. The number of carbonyl (C=O) groups excluding carboxylic acids is 1. The predicted molar refractivity (Wildman–Crippen MR) is 130 cm³/mol. The van der Waals surface area contributed by atoms with Gasteiger partial charge in [0.1, 0.15) is 5.56 Å². The van der Waals surface area contributed by atoms with Crippen LogP contribution in [-0.2, 0) is 24.3 Å². The van der Waals surface area contributed by atoms with Crippen LogP contribution >= 0.6 is 11.6 Å². The van der Waals surface area contributed by atoms with Crippen molar-refractivity contribution in [3.63, 3.8) is 0 Å². The van der Waals surface area contributed by atoms with E-state index in [2.05, 4.69) is 17.5 Å². The number of nitrogens with zero attached hydrogens (tertiary/aromatic N) is 1. The van der Waals surface area contributed by atoms with Crippen LogP contribution in [0.4, 0.5) is 0 Å². The minimum Gasteiger partial charge on any atom is -0.378 e. The van der Waals surface area contributed by atoms with Crippen LogP contribution in [0.3, 0.4) is 0 Å². The summed E-state index contributed by atoms with van der Waals surface area (Å²) in [6.45, 7) is 3.35. The van der Waals surface area contributed by atoms with E-state index in [1.165, 1.54) is 12.8 Å². The molecule has 3 aliphatic carbocycles. The molecule has 174 valence electrons. The summed E-state index contributed by atoms with van der Waals surface area (Å²) in [7, 11) is 1.59. The van der Waals surface area contributed by atoms with Gasteiger partial charge < -0.3 is 14.6 Å². The standard InChI is InChI=1S/C27H31ClN2O3/c1-17-12-24(31)25(23(16-33-2)30(17)11-8-18-4-3-5-21(28)13-18)26(32)29-15-19-14-20-6-7-22(19)27(20)9-10-27/h3-7,12-13,19-20,22H,8-11,14-16H2,1-2H3,(H,29,32). The molecule has 1 spiro atoms. The lowest BCUT2D eigenvalue weighted by Gasteiger charge is -2.22. The summed E-state index contributed by atoms with van der Waals surface area (Å²) in [6.07, 6.45) is 9.25. The van der Waals surface area contributed by atoms with E-state index in [0.717, 1.165) is 24.1 Å². The Labute approximate surface area is 199 Å². The SMILES string of the molecule is COCc1c(C(=O)NCC2CC3C=CC2C32CC2)c(=O)cc(C)n1CCc1cccc(Cl)c1. The van der Waals surface area contributed by atoms with Crippen molar-refractivity contribution in [3.05, 3.63) is 80.2 Å². The quantitative estimate of drug-likeness (QED) is 0.581. The number of nitrogens with one attached hydrogen (secondary N) is 1. The zero-order valence-electron chi connectivity index (χ0n) is 19.3. The van der Waals surface area contributed by atoms with Crippen LogP contribution < -0.4 is 10.7 Å². The monoisotopic (exact) mass is 466 g/mol. The number of methoxy groups -OCH3 is 1. The molecule has 0 saturated heterocycles. The highest BCUT2D eigenvalue weighted by atomic mass is 35.5. The fourth-order valence-electron chi connectivity index (χ4n) is 6.27. The summed E-state index contributed by atoms with van der Waals surface area (Å²) in [6, 6.07) is 9.32. The van der Waals surface area contributed by atoms with Gasteiger partial charge in [0, 0.05) is 37.0 Å². The van der Waals surface area contributed by atoms with Crippen LogP contribution in [0.25, 0.3) is 0 Å². The zero-order valence-corrected chi connectivity index (χ0v) is 20.0. The van der Waals surface area contributed by atoms with Crippen molar-refractivity contribution in [2.24, 2.45) is 23.2 Å². The smallest absolute Gasteiger partial charge is 0.257 e. The van der Waals surface area contributed by atoms with Crippen LogP contribution in [0, 0.1) is 30.1 Å². The summed E-state index contributed by atoms with van der Waals surface area (Å²) < 4.78 is 7.45. The van der Waals surface area contributed by atoms with E-state index in [1.807, 2.05) is 35.8 Å². The molecule has 0 radical (unpaired) electrons. The first-order valence-electron chi connectivity index (χ1n) is 11.9. The lowest BCUT2D eigenvalue weighted by atomic mass is 9.89. The van der Waals surface area contributed by atoms with Crippen LogP contribution in [0.5, 0.6) is 0 Å². The molecule has 2 aromatic rings. The lowest BCUT2D eigenvalue weighted by molar-refractivity contribution is 0.0935. The molecule has 33 heavy (non-hydrogen) atoms. The summed E-state index contributed by atoms with van der Waals surface area (Å²) >= 11 is 6.13. The highest BCUT2D eigenvalue weighted by molar-refractivity contribution is 6.30. The normalized spacial score (nSPS) is 23.9. The largest absolute Gasteiger partial charge is 0.378 e. The van der Waals surface area contributed by atoms with E-state index in [0.29, 0.717) is 47.0 Å². The Hall–Kier alpha value is -2.37. The second-order valence-electron chi connectivity index (χ2n) is 9.89. The minimum atomic E-state index is -0.292. The number of allylic oxidation sites excluding steroid dienone is 2. The average molecular weight is 467 g/mol. The van der Waals surface area contributed by atoms with Crippen molar-refractivity contribution in [1.82, 2.24) is 9.88 Å². The van der Waals surface area contributed by atoms with Crippen LogP contribution in [-0.4, -0.2) is 24.1 Å². The number of rotatable bonds is 8. The van der Waals surface area contributed by atoms with E-state index < -0.39 is 0 Å². The molecule has 1 N–H and O–H groups in total. The van der Waals surface area contributed by atoms with Gasteiger partial charge in [-0.15, -0.1) is 0 Å². The number of hydrogen-bond acceptors (Lipinski definition) is 3. The number of halogens is 1. The number of hydrogen-bond donors (Lipinski definition) is 1. The van der Waals surface area contributed by atoms with E-state index in [4.69, 9.17) is 16.3 Å². The first-order valence-corrected chi connectivity index (χ1v) is 12.2. The number of benzene rings is 1. The number of aromatic nitrogens is 1. The van der Waals surface area contributed by atoms with Gasteiger partial charge in [0.15, 0.2) is 5.43 Å². The Morgan fingerprint density at radius 2 is 2.09 bits per heavy atom. The van der Waals surface area contributed by atoms with Crippen LogP contribution in [0.2, 0.25) is 5.02 Å². The molecule has 5 nitrogen and oxygen atoms in total. The molecule has 1 aromatic heterocycles. The zero-order chi connectivity index (χ0) is 23.2. The third-order valence-electron chi connectivity index (χ3n) is 8.02. The van der Waals surface area contributed by atoms with Crippen LogP contribution in [0.1, 0.15) is 46.6 Å². The van der Waals surface area contributed by atoms with Crippen LogP contribution in [0.15, 0.2) is 47.3 Å². The molecule has 0 aliphatic heterocycles. The fraction of sp³-hybridized carbons (Fsp3) is 0.481. The predicted octanol–water partition coefficient (Wildman–Crippen LogP) is 4.53. The van der Waals surface area contributed by atoms with Crippen molar-refractivity contribution in [2.75, 3.05) is 13.7 Å². The van der Waals surface area contributed by atoms with Gasteiger partial charge in [-0.1, -0.05) is 35.9 Å². The number of carbonyl (C=O) groups is 1. The molecule has 2 saturated carbocycles. The molecule has 3 atom stereocenters. The average Bonchev–Trinajstić information content (AvgIpc) is 3.45. The second kappa shape index (κ2) is 8.77. The van der Waals surface area contributed by atoms with Crippen molar-refractivity contribution in [3.8, 4) is 0 Å². The molecule has 1 aromatic carbocycles. The van der Waals surface area contributed by atoms with Gasteiger partial charge in [-0.3, -0.25) is 9.59 Å². The van der Waals surface area contributed by atoms with E-state index in [-0.39, 0.29) is 23.5 Å². The molecule has 1 amide bonds. The third-order valence-corrected chi connectivity index (χ3v) is 8.25. The van der Waals surface area contributed by atoms with Crippen molar-refractivity contribution in [1.29, 1.82) is 0 Å². The molecule has 1 heterocycles. The number of pyridine rings is 1. The molecular formula is C27H31ClN2O3. The maximum Gasteiger partial charge on any atom is 0.257 e. The third kappa shape index (κ3) is 4.06. The summed E-state index contributed by atoms with van der Waals surface area (Å²) in [5.74, 6) is 1.43. The van der Waals surface area contributed by atoms with Crippen molar-refractivity contribution >= 4 is 17.5 Å². The highest BCUT2D eigenvalue weighted by Crippen LogP contribution is 2.69. The maximum absolute atomic E-state index is 13.3. The van der Waals surface area contributed by atoms with E-state index in [1.54, 1.807) is 13.2 Å². The summed E-state index contributed by atoms with van der Waals surface area (Å²) in [5, 5.41) is 3.80. The second-order valence-corrected chi connectivity index (χ2v) is 10.3. The van der Waals surface area contributed by atoms with E-state index >= 15 is 0 Å². The maximum atomic E-state index is 13.3. The van der Waals surface area contributed by atoms with Gasteiger partial charge in [0.05, 0.1) is 12.3 Å². The van der Waals surface area contributed by atoms with Gasteiger partial charge in [-0.25, -0.2) is 0 Å². The number of amides is 1. The first kappa shape index (κ1) is 22.4. The number of aryl methyl sites for hydroxylation is 2. The molecule has 3 aliphatic rings. The highest BCUT2D eigenvalue weighted by Gasteiger charge is 2.62. The van der Waals surface area contributed by atoms with Crippen molar-refractivity contribution in [2.45, 2.75) is 45.8 Å².